The Balaban J connectivity index is 1.64. The zero-order valence-corrected chi connectivity index (χ0v) is 13.9. The number of carbonyl (C=O) groups excluding carboxylic acids is 1. The van der Waals surface area contributed by atoms with Gasteiger partial charge in [-0.25, -0.2) is 0 Å². The fourth-order valence-electron chi connectivity index (χ4n) is 2.44. The lowest BCUT2D eigenvalue weighted by atomic mass is 10.1. The Morgan fingerprint density at radius 3 is 2.87 bits per heavy atom. The molecule has 0 spiro atoms. The summed E-state index contributed by atoms with van der Waals surface area (Å²) >= 11 is 0. The van der Waals surface area contributed by atoms with Crippen LogP contribution in [0.25, 0.3) is 10.9 Å². The van der Waals surface area contributed by atoms with E-state index in [9.17, 15) is 4.79 Å². The molecule has 0 unspecified atom stereocenters. The number of H-pyrrole nitrogens is 1. The maximum absolute atomic E-state index is 12.0. The molecule has 3 rings (SSSR count). The van der Waals surface area contributed by atoms with E-state index in [1.807, 2.05) is 25.1 Å². The van der Waals surface area contributed by atoms with Crippen molar-refractivity contribution in [2.45, 2.75) is 39.7 Å². The van der Waals surface area contributed by atoms with Crippen LogP contribution in [0.1, 0.15) is 38.8 Å². The fourth-order valence-corrected chi connectivity index (χ4v) is 2.44. The zero-order valence-electron chi connectivity index (χ0n) is 13.9. The Labute approximate surface area is 136 Å². The summed E-state index contributed by atoms with van der Waals surface area (Å²) in [6.07, 6.45) is 2.91. The smallest absolute Gasteiger partial charge is 0.226 e. The molecule has 1 amide bonds. The third-order valence-electron chi connectivity index (χ3n) is 4.58. The molecule has 2 N–H and O–H groups in total. The van der Waals surface area contributed by atoms with Gasteiger partial charge in [0.25, 0.3) is 0 Å². The van der Waals surface area contributed by atoms with E-state index < -0.39 is 0 Å². The number of aromatic nitrogens is 1. The second-order valence-electron chi connectivity index (χ2n) is 6.68. The van der Waals surface area contributed by atoms with E-state index in [0.717, 1.165) is 47.2 Å². The minimum absolute atomic E-state index is 0.130. The summed E-state index contributed by atoms with van der Waals surface area (Å²) in [5.41, 5.74) is 2.97. The van der Waals surface area contributed by atoms with E-state index in [4.69, 9.17) is 4.74 Å². The molecule has 1 aliphatic rings. The lowest BCUT2D eigenvalue weighted by Gasteiger charge is -2.08. The molecular formula is C19H24N2O2. The van der Waals surface area contributed by atoms with Crippen LogP contribution in [0.3, 0.4) is 0 Å². The highest BCUT2D eigenvalue weighted by molar-refractivity contribution is 5.85. The fraction of sp³-hybridized carbons (Fsp3) is 0.421. The summed E-state index contributed by atoms with van der Waals surface area (Å²) in [7, 11) is 0. The van der Waals surface area contributed by atoms with Gasteiger partial charge in [-0.3, -0.25) is 4.79 Å². The van der Waals surface area contributed by atoms with Crippen LogP contribution in [0, 0.1) is 5.41 Å². The Morgan fingerprint density at radius 1 is 1.39 bits per heavy atom. The van der Waals surface area contributed by atoms with Crippen molar-refractivity contribution in [3.8, 4) is 5.75 Å². The predicted octanol–water partition coefficient (Wildman–Crippen LogP) is 3.93. The summed E-state index contributed by atoms with van der Waals surface area (Å²) < 4.78 is 5.74. The molecule has 1 saturated carbocycles. The van der Waals surface area contributed by atoms with Crippen molar-refractivity contribution < 1.29 is 9.53 Å². The van der Waals surface area contributed by atoms with Gasteiger partial charge < -0.3 is 15.0 Å². The van der Waals surface area contributed by atoms with E-state index >= 15 is 0 Å². The van der Waals surface area contributed by atoms with E-state index in [0.29, 0.717) is 13.2 Å². The molecule has 1 aromatic carbocycles. The van der Waals surface area contributed by atoms with Gasteiger partial charge in [0.2, 0.25) is 5.91 Å². The summed E-state index contributed by atoms with van der Waals surface area (Å²) in [5.74, 6) is 0.980. The number of rotatable bonds is 7. The highest BCUT2D eigenvalue weighted by Crippen LogP contribution is 2.45. The van der Waals surface area contributed by atoms with Gasteiger partial charge in [-0.2, -0.15) is 0 Å². The number of benzene rings is 1. The quantitative estimate of drug-likeness (QED) is 0.761. The molecular weight excluding hydrogens is 288 g/mol. The predicted molar refractivity (Wildman–Crippen MR) is 92.4 cm³/mol. The zero-order chi connectivity index (χ0) is 16.4. The molecule has 4 heteroatoms. The Hall–Kier alpha value is -2.23. The third-order valence-corrected chi connectivity index (χ3v) is 4.58. The first-order valence-electron chi connectivity index (χ1n) is 8.19. The first-order chi connectivity index (χ1) is 11.0. The molecule has 1 fully saturated rings. The van der Waals surface area contributed by atoms with Gasteiger partial charge in [0.05, 0.1) is 6.54 Å². The number of hydrogen-bond acceptors (Lipinski definition) is 2. The Bertz CT molecular complexity index is 741. The number of fused-ring (bicyclic) bond motifs is 1. The highest BCUT2D eigenvalue weighted by Gasteiger charge is 2.44. The second kappa shape index (κ2) is 6.11. The van der Waals surface area contributed by atoms with Crippen LogP contribution in [0.4, 0.5) is 0 Å². The monoisotopic (exact) mass is 312 g/mol. The van der Waals surface area contributed by atoms with Crippen LogP contribution in [0.15, 0.2) is 36.4 Å². The molecule has 0 atom stereocenters. The molecule has 2 aromatic rings. The number of carbonyl (C=O) groups is 1. The largest absolute Gasteiger partial charge is 0.489 e. The van der Waals surface area contributed by atoms with Crippen molar-refractivity contribution in [2.24, 2.45) is 5.41 Å². The maximum Gasteiger partial charge on any atom is 0.226 e. The van der Waals surface area contributed by atoms with Crippen LogP contribution >= 0.6 is 0 Å². The molecule has 0 bridgehead atoms. The molecule has 0 aliphatic heterocycles. The summed E-state index contributed by atoms with van der Waals surface area (Å²) in [6.45, 7) is 9.11. The van der Waals surface area contributed by atoms with Crippen LogP contribution in [-0.4, -0.2) is 17.5 Å². The number of amides is 1. The minimum atomic E-state index is -0.130. The van der Waals surface area contributed by atoms with Crippen molar-refractivity contribution in [3.05, 3.63) is 42.1 Å². The molecule has 0 radical (unpaired) electrons. The minimum Gasteiger partial charge on any atom is -0.489 e. The SMILES string of the molecule is C=C(CC)COc1ccc2cc(CNC(=O)C3(C)CC3)[nH]c2c1. The lowest BCUT2D eigenvalue weighted by molar-refractivity contribution is -0.125. The van der Waals surface area contributed by atoms with Crippen molar-refractivity contribution in [1.82, 2.24) is 10.3 Å². The van der Waals surface area contributed by atoms with Gasteiger partial charge in [-0.05, 0) is 48.4 Å². The number of nitrogens with one attached hydrogen (secondary N) is 2. The van der Waals surface area contributed by atoms with Crippen LogP contribution in [0.5, 0.6) is 5.75 Å². The average molecular weight is 312 g/mol. The lowest BCUT2D eigenvalue weighted by Crippen LogP contribution is -2.29. The number of aromatic amines is 1. The standard InChI is InChI=1S/C19H24N2O2/c1-4-13(2)12-23-16-6-5-14-9-15(21-17(14)10-16)11-20-18(22)19(3)7-8-19/h5-6,9-10,21H,2,4,7-8,11-12H2,1,3H3,(H,20,22). The third kappa shape index (κ3) is 3.58. The topological polar surface area (TPSA) is 54.1 Å². The second-order valence-corrected chi connectivity index (χ2v) is 6.68. The molecule has 1 aromatic heterocycles. The van der Waals surface area contributed by atoms with E-state index in [2.05, 4.69) is 29.9 Å². The maximum atomic E-state index is 12.0. The van der Waals surface area contributed by atoms with Gasteiger partial charge in [-0.15, -0.1) is 0 Å². The Morgan fingerprint density at radius 2 is 2.17 bits per heavy atom. The number of hydrogen-bond donors (Lipinski definition) is 2. The van der Waals surface area contributed by atoms with E-state index in [1.165, 1.54) is 0 Å². The average Bonchev–Trinajstić information content (AvgIpc) is 3.17. The Kier molecular flexibility index (Phi) is 4.16. The van der Waals surface area contributed by atoms with Gasteiger partial charge in [-0.1, -0.05) is 20.4 Å². The molecule has 4 nitrogen and oxygen atoms in total. The van der Waals surface area contributed by atoms with Gasteiger partial charge in [0.15, 0.2) is 0 Å². The van der Waals surface area contributed by atoms with Crippen molar-refractivity contribution in [3.63, 3.8) is 0 Å². The molecule has 1 aliphatic carbocycles. The number of ether oxygens (including phenoxy) is 1. The van der Waals surface area contributed by atoms with Crippen LogP contribution in [0.2, 0.25) is 0 Å². The summed E-state index contributed by atoms with van der Waals surface area (Å²) in [5, 5.41) is 4.13. The molecule has 0 saturated heterocycles. The van der Waals surface area contributed by atoms with Gasteiger partial charge in [0.1, 0.15) is 12.4 Å². The van der Waals surface area contributed by atoms with Gasteiger partial charge >= 0.3 is 0 Å². The van der Waals surface area contributed by atoms with Crippen LogP contribution in [-0.2, 0) is 11.3 Å². The van der Waals surface area contributed by atoms with E-state index in [-0.39, 0.29) is 11.3 Å². The molecule has 122 valence electrons. The first kappa shape index (κ1) is 15.7. The summed E-state index contributed by atoms with van der Waals surface area (Å²) in [4.78, 5) is 15.3. The summed E-state index contributed by atoms with van der Waals surface area (Å²) in [6, 6.07) is 8.06. The van der Waals surface area contributed by atoms with Gasteiger partial charge in [0, 0.05) is 22.7 Å². The van der Waals surface area contributed by atoms with Crippen molar-refractivity contribution in [2.75, 3.05) is 6.61 Å². The van der Waals surface area contributed by atoms with Crippen molar-refractivity contribution in [1.29, 1.82) is 0 Å². The van der Waals surface area contributed by atoms with Crippen molar-refractivity contribution >= 4 is 16.8 Å². The van der Waals surface area contributed by atoms with E-state index in [1.54, 1.807) is 0 Å². The highest BCUT2D eigenvalue weighted by atomic mass is 16.5. The first-order valence-corrected chi connectivity index (χ1v) is 8.19. The van der Waals surface area contributed by atoms with Crippen LogP contribution < -0.4 is 10.1 Å². The molecule has 1 heterocycles. The molecule has 23 heavy (non-hydrogen) atoms. The normalized spacial score (nSPS) is 15.4.